The second-order valence-electron chi connectivity index (χ2n) is 6.53. The zero-order valence-corrected chi connectivity index (χ0v) is 16.3. The fraction of sp³-hybridized carbons (Fsp3) is 0.316. The van der Waals surface area contributed by atoms with Crippen molar-refractivity contribution in [2.75, 3.05) is 26.2 Å². The van der Waals surface area contributed by atoms with Gasteiger partial charge < -0.3 is 4.90 Å². The Hall–Kier alpha value is -2.15. The molecular formula is C19H19Cl2N3O3. The average Bonchev–Trinajstić information content (AvgIpc) is 2.64. The van der Waals surface area contributed by atoms with Crippen LogP contribution in [-0.2, 0) is 6.54 Å². The maximum Gasteiger partial charge on any atom is 0.272 e. The lowest BCUT2D eigenvalue weighted by Gasteiger charge is -2.35. The highest BCUT2D eigenvalue weighted by Crippen LogP contribution is 2.26. The van der Waals surface area contributed by atoms with E-state index in [-0.39, 0.29) is 11.6 Å². The molecule has 0 atom stereocenters. The lowest BCUT2D eigenvalue weighted by Crippen LogP contribution is -2.48. The monoisotopic (exact) mass is 407 g/mol. The lowest BCUT2D eigenvalue weighted by molar-refractivity contribution is -0.385. The van der Waals surface area contributed by atoms with Crippen molar-refractivity contribution in [1.82, 2.24) is 9.80 Å². The fourth-order valence-corrected chi connectivity index (χ4v) is 3.71. The second kappa shape index (κ2) is 8.25. The Morgan fingerprint density at radius 1 is 1.11 bits per heavy atom. The highest BCUT2D eigenvalue weighted by Gasteiger charge is 2.24. The molecule has 1 aliphatic heterocycles. The van der Waals surface area contributed by atoms with Gasteiger partial charge in [-0.15, -0.1) is 0 Å². The van der Waals surface area contributed by atoms with Gasteiger partial charge in [-0.05, 0) is 31.2 Å². The molecule has 0 unspecified atom stereocenters. The number of hydrogen-bond acceptors (Lipinski definition) is 4. The molecule has 1 heterocycles. The lowest BCUT2D eigenvalue weighted by atomic mass is 10.1. The third-order valence-corrected chi connectivity index (χ3v) is 5.45. The molecule has 8 heteroatoms. The van der Waals surface area contributed by atoms with Crippen LogP contribution in [0.1, 0.15) is 21.5 Å². The van der Waals surface area contributed by atoms with Crippen molar-refractivity contribution < 1.29 is 9.72 Å². The molecule has 1 saturated heterocycles. The minimum absolute atomic E-state index is 0.0213. The van der Waals surface area contributed by atoms with Gasteiger partial charge in [-0.1, -0.05) is 29.3 Å². The summed E-state index contributed by atoms with van der Waals surface area (Å²) in [5, 5.41) is 12.2. The van der Waals surface area contributed by atoms with Crippen molar-refractivity contribution in [3.05, 3.63) is 73.2 Å². The summed E-state index contributed by atoms with van der Waals surface area (Å²) in [6.45, 7) is 4.85. The number of aryl methyl sites for hydroxylation is 1. The number of rotatable bonds is 4. The van der Waals surface area contributed by atoms with Crippen LogP contribution in [0, 0.1) is 17.0 Å². The Kier molecular flexibility index (Phi) is 5.99. The number of carbonyl (C=O) groups excluding carboxylic acids is 1. The minimum atomic E-state index is -0.442. The van der Waals surface area contributed by atoms with E-state index in [1.807, 2.05) is 18.2 Å². The van der Waals surface area contributed by atoms with Crippen molar-refractivity contribution in [2.45, 2.75) is 13.5 Å². The Bertz CT molecular complexity index is 860. The number of hydrogen-bond donors (Lipinski definition) is 0. The van der Waals surface area contributed by atoms with Gasteiger partial charge in [-0.2, -0.15) is 0 Å². The summed E-state index contributed by atoms with van der Waals surface area (Å²) < 4.78 is 0. The molecule has 3 rings (SSSR count). The van der Waals surface area contributed by atoms with E-state index < -0.39 is 4.92 Å². The molecular weight excluding hydrogens is 389 g/mol. The van der Waals surface area contributed by atoms with Crippen LogP contribution in [0.25, 0.3) is 0 Å². The van der Waals surface area contributed by atoms with E-state index in [9.17, 15) is 14.9 Å². The molecule has 0 aromatic heterocycles. The zero-order chi connectivity index (χ0) is 19.6. The van der Waals surface area contributed by atoms with Gasteiger partial charge in [0.1, 0.15) is 0 Å². The molecule has 0 saturated carbocycles. The van der Waals surface area contributed by atoms with Gasteiger partial charge in [0.15, 0.2) is 0 Å². The molecule has 0 aliphatic carbocycles. The van der Waals surface area contributed by atoms with Crippen molar-refractivity contribution in [1.29, 1.82) is 0 Å². The number of halogens is 2. The predicted molar refractivity (Wildman–Crippen MR) is 105 cm³/mol. The SMILES string of the molecule is Cc1cc(C(=O)N2CCN(Cc3c(Cl)cccc3Cl)CC2)ccc1[N+](=O)[O-]. The maximum absolute atomic E-state index is 12.7. The highest BCUT2D eigenvalue weighted by molar-refractivity contribution is 6.35. The Morgan fingerprint density at radius 3 is 2.30 bits per heavy atom. The normalized spacial score (nSPS) is 15.0. The van der Waals surface area contributed by atoms with Crippen molar-refractivity contribution in [3.63, 3.8) is 0 Å². The van der Waals surface area contributed by atoms with Crippen LogP contribution in [0.5, 0.6) is 0 Å². The average molecular weight is 408 g/mol. The van der Waals surface area contributed by atoms with Crippen LogP contribution >= 0.6 is 23.2 Å². The molecule has 0 bridgehead atoms. The number of nitro benzene ring substituents is 1. The topological polar surface area (TPSA) is 66.7 Å². The molecule has 1 amide bonds. The van der Waals surface area contributed by atoms with E-state index in [0.29, 0.717) is 53.9 Å². The van der Waals surface area contributed by atoms with E-state index in [1.165, 1.54) is 12.1 Å². The van der Waals surface area contributed by atoms with Gasteiger partial charge in [0.25, 0.3) is 11.6 Å². The molecule has 1 fully saturated rings. The molecule has 0 N–H and O–H groups in total. The Morgan fingerprint density at radius 2 is 1.74 bits per heavy atom. The van der Waals surface area contributed by atoms with E-state index in [4.69, 9.17) is 23.2 Å². The summed E-state index contributed by atoms with van der Waals surface area (Å²) >= 11 is 12.5. The van der Waals surface area contributed by atoms with Crippen LogP contribution in [0.3, 0.4) is 0 Å². The van der Waals surface area contributed by atoms with E-state index >= 15 is 0 Å². The summed E-state index contributed by atoms with van der Waals surface area (Å²) in [5.74, 6) is -0.108. The van der Waals surface area contributed by atoms with Gasteiger partial charge >= 0.3 is 0 Å². The van der Waals surface area contributed by atoms with Crippen LogP contribution < -0.4 is 0 Å². The number of benzene rings is 2. The predicted octanol–water partition coefficient (Wildman–Crippen LogP) is 4.17. The first kappa shape index (κ1) is 19.6. The summed E-state index contributed by atoms with van der Waals surface area (Å²) in [6.07, 6.45) is 0. The van der Waals surface area contributed by atoms with Crippen molar-refractivity contribution >= 4 is 34.8 Å². The van der Waals surface area contributed by atoms with Crippen molar-refractivity contribution in [2.24, 2.45) is 0 Å². The molecule has 6 nitrogen and oxygen atoms in total. The molecule has 1 aliphatic rings. The van der Waals surface area contributed by atoms with Gasteiger partial charge in [-0.25, -0.2) is 0 Å². The Balaban J connectivity index is 1.63. The molecule has 0 spiro atoms. The molecule has 27 heavy (non-hydrogen) atoms. The molecule has 2 aromatic rings. The summed E-state index contributed by atoms with van der Waals surface area (Å²) in [5.41, 5.74) is 1.87. The van der Waals surface area contributed by atoms with Gasteiger partial charge in [0.2, 0.25) is 0 Å². The quantitative estimate of drug-likeness (QED) is 0.563. The third-order valence-electron chi connectivity index (χ3n) is 4.74. The van der Waals surface area contributed by atoms with Crippen LogP contribution in [0.4, 0.5) is 5.69 Å². The highest BCUT2D eigenvalue weighted by atomic mass is 35.5. The van der Waals surface area contributed by atoms with E-state index in [1.54, 1.807) is 17.9 Å². The first-order valence-corrected chi connectivity index (χ1v) is 9.32. The molecule has 142 valence electrons. The first-order valence-electron chi connectivity index (χ1n) is 8.56. The molecule has 2 aromatic carbocycles. The van der Waals surface area contributed by atoms with Crippen LogP contribution in [0.15, 0.2) is 36.4 Å². The van der Waals surface area contributed by atoms with Gasteiger partial charge in [0, 0.05) is 65.5 Å². The first-order chi connectivity index (χ1) is 12.9. The fourth-order valence-electron chi connectivity index (χ4n) is 3.19. The van der Waals surface area contributed by atoms with Crippen molar-refractivity contribution in [3.8, 4) is 0 Å². The summed E-state index contributed by atoms with van der Waals surface area (Å²) in [7, 11) is 0. The van der Waals surface area contributed by atoms with E-state index in [2.05, 4.69) is 4.90 Å². The number of carbonyl (C=O) groups is 1. The Labute approximate surface area is 167 Å². The maximum atomic E-state index is 12.7. The number of nitro groups is 1. The largest absolute Gasteiger partial charge is 0.336 e. The molecule has 0 radical (unpaired) electrons. The second-order valence-corrected chi connectivity index (χ2v) is 7.34. The van der Waals surface area contributed by atoms with E-state index in [0.717, 1.165) is 5.56 Å². The number of piperazine rings is 1. The van der Waals surface area contributed by atoms with Crippen LogP contribution in [-0.4, -0.2) is 46.8 Å². The summed E-state index contributed by atoms with van der Waals surface area (Å²) in [6, 6.07) is 9.94. The zero-order valence-electron chi connectivity index (χ0n) is 14.8. The third kappa shape index (κ3) is 4.40. The van der Waals surface area contributed by atoms with Gasteiger partial charge in [-0.3, -0.25) is 19.8 Å². The number of amides is 1. The minimum Gasteiger partial charge on any atom is -0.336 e. The smallest absolute Gasteiger partial charge is 0.272 e. The summed E-state index contributed by atoms with van der Waals surface area (Å²) in [4.78, 5) is 27.2. The van der Waals surface area contributed by atoms with Gasteiger partial charge in [0.05, 0.1) is 4.92 Å². The van der Waals surface area contributed by atoms with Crippen LogP contribution in [0.2, 0.25) is 10.0 Å². The number of nitrogens with zero attached hydrogens (tertiary/aromatic N) is 3. The standard InChI is InChI=1S/C19H19Cl2N3O3/c1-13-11-14(5-6-18(13)24(26)27)19(25)23-9-7-22(8-10-23)12-15-16(20)3-2-4-17(15)21/h2-6,11H,7-10,12H2,1H3.